The Labute approximate surface area is 112 Å². The van der Waals surface area contributed by atoms with Gasteiger partial charge in [-0.2, -0.15) is 0 Å². The first-order valence-corrected chi connectivity index (χ1v) is 6.29. The molecule has 0 amide bonds. The van der Waals surface area contributed by atoms with Crippen LogP contribution in [0.4, 0.5) is 11.4 Å². The lowest BCUT2D eigenvalue weighted by molar-refractivity contribution is -0.385. The summed E-state index contributed by atoms with van der Waals surface area (Å²) in [5, 5.41) is 11.0. The van der Waals surface area contributed by atoms with Crippen molar-refractivity contribution in [1.82, 2.24) is 4.90 Å². The number of anilines is 1. The first kappa shape index (κ1) is 13.6. The Kier molecular flexibility index (Phi) is 3.90. The average Bonchev–Trinajstić information content (AvgIpc) is 2.39. The maximum atomic E-state index is 11.0. The molecule has 0 saturated carbocycles. The van der Waals surface area contributed by atoms with Gasteiger partial charge in [0, 0.05) is 31.7 Å². The van der Waals surface area contributed by atoms with Gasteiger partial charge in [0.15, 0.2) is 0 Å². The highest BCUT2D eigenvalue weighted by Gasteiger charge is 2.21. The molecule has 0 aliphatic carbocycles. The molecule has 104 valence electrons. The van der Waals surface area contributed by atoms with E-state index in [0.29, 0.717) is 11.3 Å². The minimum absolute atomic E-state index is 0.106. The molecule has 0 bridgehead atoms. The molecule has 1 aliphatic rings. The molecule has 0 aromatic heterocycles. The van der Waals surface area contributed by atoms with E-state index in [2.05, 4.69) is 16.8 Å². The molecule has 1 aliphatic heterocycles. The summed E-state index contributed by atoms with van der Waals surface area (Å²) in [4.78, 5) is 15.1. The number of hydrogen-bond acceptors (Lipinski definition) is 5. The summed E-state index contributed by atoms with van der Waals surface area (Å²) >= 11 is 0. The Balaban J connectivity index is 2.34. The van der Waals surface area contributed by atoms with Crippen LogP contribution in [0.5, 0.6) is 5.75 Å². The van der Waals surface area contributed by atoms with Gasteiger partial charge < -0.3 is 14.5 Å². The Morgan fingerprint density at radius 1 is 1.26 bits per heavy atom. The molecule has 6 heteroatoms. The SMILES string of the molecule is COc1cc([N+](=O)[O-])c(C)cc1N1CCN(C)CC1. The van der Waals surface area contributed by atoms with E-state index >= 15 is 0 Å². The smallest absolute Gasteiger partial charge is 0.276 e. The van der Waals surface area contributed by atoms with Crippen molar-refractivity contribution in [3.05, 3.63) is 27.8 Å². The Bertz CT molecular complexity index is 482. The molecule has 1 heterocycles. The molecule has 2 rings (SSSR count). The van der Waals surface area contributed by atoms with Crippen LogP contribution in [0.15, 0.2) is 12.1 Å². The number of piperazine rings is 1. The Morgan fingerprint density at radius 3 is 2.42 bits per heavy atom. The number of nitro benzene ring substituents is 1. The van der Waals surface area contributed by atoms with Crippen LogP contribution in [-0.2, 0) is 0 Å². The van der Waals surface area contributed by atoms with Gasteiger partial charge in [-0.3, -0.25) is 10.1 Å². The molecule has 0 spiro atoms. The van der Waals surface area contributed by atoms with E-state index < -0.39 is 0 Å². The van der Waals surface area contributed by atoms with Crippen LogP contribution >= 0.6 is 0 Å². The molecule has 1 aromatic rings. The first-order valence-electron chi connectivity index (χ1n) is 6.29. The lowest BCUT2D eigenvalue weighted by atomic mass is 10.1. The number of nitrogens with zero attached hydrogens (tertiary/aromatic N) is 3. The summed E-state index contributed by atoms with van der Waals surface area (Å²) in [6.07, 6.45) is 0. The lowest BCUT2D eigenvalue weighted by Gasteiger charge is -2.34. The summed E-state index contributed by atoms with van der Waals surface area (Å²) in [7, 11) is 3.64. The van der Waals surface area contributed by atoms with Crippen molar-refractivity contribution < 1.29 is 9.66 Å². The highest BCUT2D eigenvalue weighted by molar-refractivity contribution is 5.65. The van der Waals surface area contributed by atoms with Crippen LogP contribution in [0.25, 0.3) is 0 Å². The first-order chi connectivity index (χ1) is 9.02. The quantitative estimate of drug-likeness (QED) is 0.614. The Hall–Kier alpha value is -1.82. The van der Waals surface area contributed by atoms with E-state index in [1.165, 1.54) is 6.07 Å². The number of hydrogen-bond donors (Lipinski definition) is 0. The van der Waals surface area contributed by atoms with Crippen LogP contribution in [0.2, 0.25) is 0 Å². The van der Waals surface area contributed by atoms with E-state index in [0.717, 1.165) is 31.9 Å². The molecule has 19 heavy (non-hydrogen) atoms. The van der Waals surface area contributed by atoms with Crippen molar-refractivity contribution in [3.63, 3.8) is 0 Å². The summed E-state index contributed by atoms with van der Waals surface area (Å²) in [6.45, 7) is 5.55. The van der Waals surface area contributed by atoms with Crippen molar-refractivity contribution in [3.8, 4) is 5.75 Å². The second kappa shape index (κ2) is 5.44. The number of ether oxygens (including phenoxy) is 1. The van der Waals surface area contributed by atoms with Gasteiger partial charge in [0.1, 0.15) is 5.75 Å². The summed E-state index contributed by atoms with van der Waals surface area (Å²) < 4.78 is 5.31. The van der Waals surface area contributed by atoms with Gasteiger partial charge in [0.2, 0.25) is 0 Å². The van der Waals surface area contributed by atoms with Gasteiger partial charge in [-0.1, -0.05) is 0 Å². The van der Waals surface area contributed by atoms with Gasteiger partial charge in [-0.05, 0) is 20.0 Å². The van der Waals surface area contributed by atoms with Crippen LogP contribution in [0, 0.1) is 17.0 Å². The maximum Gasteiger partial charge on any atom is 0.276 e. The minimum atomic E-state index is -0.369. The van der Waals surface area contributed by atoms with Gasteiger partial charge in [-0.25, -0.2) is 0 Å². The number of nitro groups is 1. The topological polar surface area (TPSA) is 58.9 Å². The fraction of sp³-hybridized carbons (Fsp3) is 0.538. The van der Waals surface area contributed by atoms with Gasteiger partial charge in [-0.15, -0.1) is 0 Å². The van der Waals surface area contributed by atoms with E-state index in [1.54, 1.807) is 14.0 Å². The fourth-order valence-corrected chi connectivity index (χ4v) is 2.32. The standard InChI is InChI=1S/C13H19N3O3/c1-10-8-12(15-6-4-14(2)5-7-15)13(19-3)9-11(10)16(17)18/h8-9H,4-7H2,1-3H3. The maximum absolute atomic E-state index is 11.0. The van der Waals surface area contributed by atoms with Crippen molar-refractivity contribution in [1.29, 1.82) is 0 Å². The zero-order chi connectivity index (χ0) is 14.0. The molecule has 0 unspecified atom stereocenters. The summed E-state index contributed by atoms with van der Waals surface area (Å²) in [6, 6.07) is 3.37. The van der Waals surface area contributed by atoms with E-state index in [4.69, 9.17) is 4.74 Å². The number of benzene rings is 1. The highest BCUT2D eigenvalue weighted by Crippen LogP contribution is 2.35. The highest BCUT2D eigenvalue weighted by atomic mass is 16.6. The fourth-order valence-electron chi connectivity index (χ4n) is 2.32. The van der Waals surface area contributed by atoms with Crippen LogP contribution in [0.3, 0.4) is 0 Å². The molecule has 0 radical (unpaired) electrons. The van der Waals surface area contributed by atoms with Gasteiger partial charge in [0.05, 0.1) is 23.8 Å². The number of methoxy groups -OCH3 is 1. The van der Waals surface area contributed by atoms with Crippen LogP contribution in [-0.4, -0.2) is 50.2 Å². The third-order valence-electron chi connectivity index (χ3n) is 3.54. The normalized spacial score (nSPS) is 16.5. The number of rotatable bonds is 3. The van der Waals surface area contributed by atoms with Crippen molar-refractivity contribution >= 4 is 11.4 Å². The molecule has 0 atom stereocenters. The average molecular weight is 265 g/mol. The monoisotopic (exact) mass is 265 g/mol. The third kappa shape index (κ3) is 2.78. The molecular weight excluding hydrogens is 246 g/mol. The zero-order valence-corrected chi connectivity index (χ0v) is 11.5. The van der Waals surface area contributed by atoms with Crippen molar-refractivity contribution in [2.45, 2.75) is 6.92 Å². The number of aryl methyl sites for hydroxylation is 1. The second-order valence-corrected chi connectivity index (χ2v) is 4.86. The third-order valence-corrected chi connectivity index (χ3v) is 3.54. The minimum Gasteiger partial charge on any atom is -0.494 e. The van der Waals surface area contributed by atoms with E-state index in [1.807, 2.05) is 6.07 Å². The molecule has 6 nitrogen and oxygen atoms in total. The predicted molar refractivity (Wildman–Crippen MR) is 74.1 cm³/mol. The molecule has 1 aromatic carbocycles. The molecule has 1 fully saturated rings. The lowest BCUT2D eigenvalue weighted by Crippen LogP contribution is -2.44. The Morgan fingerprint density at radius 2 is 1.89 bits per heavy atom. The second-order valence-electron chi connectivity index (χ2n) is 4.86. The van der Waals surface area contributed by atoms with E-state index in [9.17, 15) is 10.1 Å². The molecule has 1 saturated heterocycles. The van der Waals surface area contributed by atoms with Crippen LogP contribution < -0.4 is 9.64 Å². The summed E-state index contributed by atoms with van der Waals surface area (Å²) in [5.74, 6) is 0.571. The predicted octanol–water partition coefficient (Wildman–Crippen LogP) is 1.66. The van der Waals surface area contributed by atoms with Crippen molar-refractivity contribution in [2.75, 3.05) is 45.2 Å². The van der Waals surface area contributed by atoms with Crippen LogP contribution in [0.1, 0.15) is 5.56 Å². The molecule has 0 N–H and O–H groups in total. The largest absolute Gasteiger partial charge is 0.494 e. The van der Waals surface area contributed by atoms with Crippen molar-refractivity contribution in [2.24, 2.45) is 0 Å². The van der Waals surface area contributed by atoms with Gasteiger partial charge >= 0.3 is 0 Å². The zero-order valence-electron chi connectivity index (χ0n) is 11.5. The summed E-state index contributed by atoms with van der Waals surface area (Å²) in [5.41, 5.74) is 1.72. The molecular formula is C13H19N3O3. The van der Waals surface area contributed by atoms with Gasteiger partial charge in [0.25, 0.3) is 5.69 Å². The number of likely N-dealkylation sites (N-methyl/N-ethyl adjacent to an activating group) is 1. The van der Waals surface area contributed by atoms with E-state index in [-0.39, 0.29) is 10.6 Å².